The van der Waals surface area contributed by atoms with Gasteiger partial charge in [0.25, 0.3) is 0 Å². The molecule has 0 bridgehead atoms. The highest BCUT2D eigenvalue weighted by molar-refractivity contribution is 4.77. The van der Waals surface area contributed by atoms with Gasteiger partial charge in [-0.25, -0.2) is 0 Å². The summed E-state index contributed by atoms with van der Waals surface area (Å²) < 4.78 is 37.3. The molecule has 1 rings (SSSR count). The first-order valence-corrected chi connectivity index (χ1v) is 6.54. The summed E-state index contributed by atoms with van der Waals surface area (Å²) in [5, 5.41) is 3.30. The van der Waals surface area contributed by atoms with Gasteiger partial charge in [0, 0.05) is 0 Å². The fraction of sp³-hybridized carbons (Fsp3) is 1.00. The largest absolute Gasteiger partial charge is 0.391 e. The van der Waals surface area contributed by atoms with E-state index in [1.807, 2.05) is 0 Å². The molecule has 0 unspecified atom stereocenters. The van der Waals surface area contributed by atoms with Crippen LogP contribution in [-0.4, -0.2) is 43.8 Å². The third-order valence-electron chi connectivity index (χ3n) is 3.31. The molecule has 0 aromatic heterocycles. The van der Waals surface area contributed by atoms with E-state index in [2.05, 4.69) is 17.1 Å². The summed E-state index contributed by atoms with van der Waals surface area (Å²) in [6, 6.07) is 0. The highest BCUT2D eigenvalue weighted by Gasteiger charge is 2.40. The molecule has 0 aliphatic carbocycles. The number of nitrogens with zero attached hydrogens (tertiary/aromatic N) is 1. The fourth-order valence-electron chi connectivity index (χ4n) is 2.21. The Morgan fingerprint density at radius 2 is 1.82 bits per heavy atom. The molecule has 0 saturated carbocycles. The molecule has 17 heavy (non-hydrogen) atoms. The predicted molar refractivity (Wildman–Crippen MR) is 63.0 cm³/mol. The zero-order chi connectivity index (χ0) is 12.7. The summed E-state index contributed by atoms with van der Waals surface area (Å²) >= 11 is 0. The van der Waals surface area contributed by atoms with Gasteiger partial charge in [-0.3, -0.25) is 0 Å². The van der Waals surface area contributed by atoms with Crippen LogP contribution in [0.1, 0.15) is 32.6 Å². The van der Waals surface area contributed by atoms with Crippen molar-refractivity contribution in [2.24, 2.45) is 5.92 Å². The minimum atomic E-state index is -3.99. The van der Waals surface area contributed by atoms with Crippen molar-refractivity contribution < 1.29 is 13.2 Å². The Morgan fingerprint density at radius 1 is 1.18 bits per heavy atom. The Balaban J connectivity index is 2.07. The standard InChI is InChI=1S/C12H23F3N2/c1-2-6-16-7-3-8-17-9-4-11(5-10-17)12(13,14)15/h11,16H,2-10H2,1H3. The van der Waals surface area contributed by atoms with Gasteiger partial charge in [0.15, 0.2) is 0 Å². The summed E-state index contributed by atoms with van der Waals surface area (Å²) in [4.78, 5) is 2.15. The van der Waals surface area contributed by atoms with Crippen LogP contribution in [0.2, 0.25) is 0 Å². The van der Waals surface area contributed by atoms with Gasteiger partial charge in [-0.05, 0) is 58.4 Å². The molecule has 1 aliphatic rings. The van der Waals surface area contributed by atoms with E-state index in [1.54, 1.807) is 0 Å². The van der Waals surface area contributed by atoms with Crippen molar-refractivity contribution >= 4 is 0 Å². The van der Waals surface area contributed by atoms with Crippen LogP contribution in [0, 0.1) is 5.92 Å². The van der Waals surface area contributed by atoms with Gasteiger partial charge >= 0.3 is 6.18 Å². The summed E-state index contributed by atoms with van der Waals surface area (Å²) in [5.41, 5.74) is 0. The normalized spacial score (nSPS) is 19.8. The molecule has 2 nitrogen and oxygen atoms in total. The summed E-state index contributed by atoms with van der Waals surface area (Å²) in [6.07, 6.45) is -1.31. The Labute approximate surface area is 102 Å². The minimum absolute atomic E-state index is 0.270. The Morgan fingerprint density at radius 3 is 2.35 bits per heavy atom. The van der Waals surface area contributed by atoms with E-state index < -0.39 is 12.1 Å². The van der Waals surface area contributed by atoms with Gasteiger partial charge in [-0.15, -0.1) is 0 Å². The van der Waals surface area contributed by atoms with Crippen LogP contribution in [0.25, 0.3) is 0 Å². The maximum atomic E-state index is 12.4. The molecule has 1 N–H and O–H groups in total. The van der Waals surface area contributed by atoms with E-state index in [-0.39, 0.29) is 12.8 Å². The lowest BCUT2D eigenvalue weighted by Crippen LogP contribution is -2.39. The van der Waals surface area contributed by atoms with Gasteiger partial charge < -0.3 is 10.2 Å². The van der Waals surface area contributed by atoms with Crippen molar-refractivity contribution in [3.63, 3.8) is 0 Å². The second kappa shape index (κ2) is 7.21. The van der Waals surface area contributed by atoms with Crippen LogP contribution >= 0.6 is 0 Å². The molecule has 102 valence electrons. The van der Waals surface area contributed by atoms with E-state index in [0.29, 0.717) is 13.1 Å². The van der Waals surface area contributed by atoms with Crippen molar-refractivity contribution in [1.82, 2.24) is 10.2 Å². The molecule has 0 amide bonds. The maximum Gasteiger partial charge on any atom is 0.391 e. The van der Waals surface area contributed by atoms with E-state index in [4.69, 9.17) is 0 Å². The molecule has 0 radical (unpaired) electrons. The number of hydrogen-bond donors (Lipinski definition) is 1. The maximum absolute atomic E-state index is 12.4. The molecular formula is C12H23F3N2. The number of hydrogen-bond acceptors (Lipinski definition) is 2. The number of likely N-dealkylation sites (tertiary alicyclic amines) is 1. The van der Waals surface area contributed by atoms with Crippen molar-refractivity contribution in [3.8, 4) is 0 Å². The first-order chi connectivity index (χ1) is 8.04. The van der Waals surface area contributed by atoms with Crippen LogP contribution in [0.3, 0.4) is 0 Å². The quantitative estimate of drug-likeness (QED) is 0.731. The second-order valence-corrected chi connectivity index (χ2v) is 4.76. The number of alkyl halides is 3. The van der Waals surface area contributed by atoms with Gasteiger partial charge in [-0.1, -0.05) is 6.92 Å². The van der Waals surface area contributed by atoms with Crippen LogP contribution in [0.5, 0.6) is 0 Å². The Bertz CT molecular complexity index is 198. The Hall–Kier alpha value is -0.290. The van der Waals surface area contributed by atoms with Crippen LogP contribution < -0.4 is 5.32 Å². The van der Waals surface area contributed by atoms with Gasteiger partial charge in [0.2, 0.25) is 0 Å². The molecule has 1 heterocycles. The second-order valence-electron chi connectivity index (χ2n) is 4.76. The average molecular weight is 252 g/mol. The first kappa shape index (κ1) is 14.8. The number of halogens is 3. The molecule has 1 saturated heterocycles. The van der Waals surface area contributed by atoms with E-state index >= 15 is 0 Å². The highest BCUT2D eigenvalue weighted by Crippen LogP contribution is 2.33. The van der Waals surface area contributed by atoms with Crippen molar-refractivity contribution in [2.45, 2.75) is 38.8 Å². The molecule has 5 heteroatoms. The lowest BCUT2D eigenvalue weighted by Gasteiger charge is -2.32. The lowest BCUT2D eigenvalue weighted by atomic mass is 9.96. The highest BCUT2D eigenvalue weighted by atomic mass is 19.4. The molecule has 1 aliphatic heterocycles. The van der Waals surface area contributed by atoms with Crippen molar-refractivity contribution in [1.29, 1.82) is 0 Å². The smallest absolute Gasteiger partial charge is 0.317 e. The topological polar surface area (TPSA) is 15.3 Å². The van der Waals surface area contributed by atoms with Gasteiger partial charge in [-0.2, -0.15) is 13.2 Å². The van der Waals surface area contributed by atoms with Gasteiger partial charge in [0.05, 0.1) is 5.92 Å². The average Bonchev–Trinajstić information content (AvgIpc) is 2.28. The molecule has 0 atom stereocenters. The summed E-state index contributed by atoms with van der Waals surface area (Å²) in [6.45, 7) is 6.22. The van der Waals surface area contributed by atoms with Crippen LogP contribution in [0.15, 0.2) is 0 Å². The van der Waals surface area contributed by atoms with Crippen LogP contribution in [0.4, 0.5) is 13.2 Å². The number of nitrogens with one attached hydrogen (secondary N) is 1. The van der Waals surface area contributed by atoms with Crippen molar-refractivity contribution in [3.05, 3.63) is 0 Å². The number of piperidine rings is 1. The molecular weight excluding hydrogens is 229 g/mol. The molecule has 0 spiro atoms. The predicted octanol–water partition coefficient (Wildman–Crippen LogP) is 2.65. The molecule has 1 fully saturated rings. The third kappa shape index (κ3) is 5.73. The van der Waals surface area contributed by atoms with Gasteiger partial charge in [0.1, 0.15) is 0 Å². The van der Waals surface area contributed by atoms with E-state index in [1.165, 1.54) is 0 Å². The lowest BCUT2D eigenvalue weighted by molar-refractivity contribution is -0.185. The third-order valence-corrected chi connectivity index (χ3v) is 3.31. The van der Waals surface area contributed by atoms with E-state index in [0.717, 1.165) is 32.5 Å². The molecule has 0 aromatic rings. The fourth-order valence-corrected chi connectivity index (χ4v) is 2.21. The van der Waals surface area contributed by atoms with Crippen LogP contribution in [-0.2, 0) is 0 Å². The van der Waals surface area contributed by atoms with E-state index in [9.17, 15) is 13.2 Å². The molecule has 0 aromatic carbocycles. The Kier molecular flexibility index (Phi) is 6.27. The first-order valence-electron chi connectivity index (χ1n) is 6.54. The summed E-state index contributed by atoms with van der Waals surface area (Å²) in [5.74, 6) is -1.07. The zero-order valence-corrected chi connectivity index (χ0v) is 10.5. The SMILES string of the molecule is CCCNCCCN1CCC(C(F)(F)F)CC1. The monoisotopic (exact) mass is 252 g/mol. The summed E-state index contributed by atoms with van der Waals surface area (Å²) in [7, 11) is 0. The number of rotatable bonds is 6. The zero-order valence-electron chi connectivity index (χ0n) is 10.5. The van der Waals surface area contributed by atoms with Crippen molar-refractivity contribution in [2.75, 3.05) is 32.7 Å². The minimum Gasteiger partial charge on any atom is -0.317 e.